The zero-order valence-corrected chi connectivity index (χ0v) is 14.4. The Hall–Kier alpha value is -1.31. The van der Waals surface area contributed by atoms with E-state index in [1.165, 1.54) is 23.5 Å². The van der Waals surface area contributed by atoms with Crippen LogP contribution in [0.15, 0.2) is 23.1 Å². The Labute approximate surface area is 140 Å². The maximum atomic E-state index is 13.0. The summed E-state index contributed by atoms with van der Waals surface area (Å²) in [5.41, 5.74) is -0.600. The van der Waals surface area contributed by atoms with Crippen molar-refractivity contribution in [3.63, 3.8) is 0 Å². The molecule has 2 aliphatic heterocycles. The van der Waals surface area contributed by atoms with Crippen molar-refractivity contribution >= 4 is 27.5 Å². The van der Waals surface area contributed by atoms with E-state index in [-0.39, 0.29) is 23.1 Å². The molecule has 2 saturated heterocycles. The molecule has 0 radical (unpaired) electrons. The fourth-order valence-corrected chi connectivity index (χ4v) is 5.30. The zero-order valence-electron chi connectivity index (χ0n) is 12.8. The predicted octanol–water partition coefficient (Wildman–Crippen LogP) is 1.64. The van der Waals surface area contributed by atoms with Crippen molar-refractivity contribution in [1.29, 1.82) is 0 Å². The highest BCUT2D eigenvalue weighted by Crippen LogP contribution is 2.41. The predicted molar refractivity (Wildman–Crippen MR) is 86.1 cm³/mol. The molecule has 3 rings (SSSR count). The minimum atomic E-state index is -3.76. The minimum absolute atomic E-state index is 0.0421. The first-order valence-electron chi connectivity index (χ1n) is 7.51. The number of halogens is 1. The Morgan fingerprint density at radius 3 is 2.83 bits per heavy atom. The average Bonchev–Trinajstić information content (AvgIpc) is 2.96. The number of ether oxygens (including phenoxy) is 1. The van der Waals surface area contributed by atoms with E-state index in [1.54, 1.807) is 6.07 Å². The van der Waals surface area contributed by atoms with Crippen molar-refractivity contribution in [3.05, 3.63) is 23.2 Å². The van der Waals surface area contributed by atoms with Gasteiger partial charge in [0, 0.05) is 24.7 Å². The van der Waals surface area contributed by atoms with Gasteiger partial charge in [0.25, 0.3) is 0 Å². The maximum Gasteiger partial charge on any atom is 0.246 e. The molecule has 0 saturated carbocycles. The van der Waals surface area contributed by atoms with Gasteiger partial charge in [0.05, 0.1) is 12.5 Å². The largest absolute Gasteiger partial charge is 0.495 e. The van der Waals surface area contributed by atoms with Crippen LogP contribution in [0.1, 0.15) is 19.3 Å². The number of nitrogens with zero attached hydrogens (tertiary/aromatic N) is 1. The first-order valence-corrected chi connectivity index (χ1v) is 9.33. The Bertz CT molecular complexity index is 737. The molecule has 2 aliphatic rings. The molecule has 2 heterocycles. The van der Waals surface area contributed by atoms with Crippen LogP contribution in [0.4, 0.5) is 0 Å². The number of benzene rings is 1. The number of carbonyl (C=O) groups is 1. The van der Waals surface area contributed by atoms with Crippen LogP contribution in [0.5, 0.6) is 5.75 Å². The number of hydrogen-bond donors (Lipinski definition) is 1. The summed E-state index contributed by atoms with van der Waals surface area (Å²) in [4.78, 5) is 12.3. The average molecular weight is 359 g/mol. The molecule has 0 unspecified atom stereocenters. The monoisotopic (exact) mass is 358 g/mol. The van der Waals surface area contributed by atoms with E-state index in [0.717, 1.165) is 12.8 Å². The number of carbonyl (C=O) groups excluding carboxylic acids is 1. The van der Waals surface area contributed by atoms with Gasteiger partial charge in [0.1, 0.15) is 10.6 Å². The van der Waals surface area contributed by atoms with Crippen molar-refractivity contribution in [2.45, 2.75) is 24.2 Å². The van der Waals surface area contributed by atoms with Gasteiger partial charge in [-0.25, -0.2) is 8.42 Å². The third-order valence-electron chi connectivity index (χ3n) is 4.66. The smallest absolute Gasteiger partial charge is 0.246 e. The van der Waals surface area contributed by atoms with Crippen LogP contribution < -0.4 is 10.1 Å². The van der Waals surface area contributed by atoms with E-state index in [1.807, 2.05) is 0 Å². The second kappa shape index (κ2) is 5.96. The van der Waals surface area contributed by atoms with E-state index >= 15 is 0 Å². The van der Waals surface area contributed by atoms with Crippen molar-refractivity contribution < 1.29 is 17.9 Å². The Morgan fingerprint density at radius 2 is 2.13 bits per heavy atom. The highest BCUT2D eigenvalue weighted by atomic mass is 35.5. The van der Waals surface area contributed by atoms with Crippen molar-refractivity contribution in [3.8, 4) is 5.75 Å². The van der Waals surface area contributed by atoms with Crippen molar-refractivity contribution in [2.75, 3.05) is 26.7 Å². The van der Waals surface area contributed by atoms with Gasteiger partial charge in [0.2, 0.25) is 15.9 Å². The van der Waals surface area contributed by atoms with Crippen LogP contribution in [0.2, 0.25) is 5.02 Å². The lowest BCUT2D eigenvalue weighted by Crippen LogP contribution is -2.47. The molecule has 0 aromatic heterocycles. The Kier molecular flexibility index (Phi) is 4.29. The topological polar surface area (TPSA) is 75.7 Å². The first kappa shape index (κ1) is 16.5. The third kappa shape index (κ3) is 2.81. The van der Waals surface area contributed by atoms with Crippen LogP contribution in [0.25, 0.3) is 0 Å². The summed E-state index contributed by atoms with van der Waals surface area (Å²) < 4.78 is 32.4. The molecular weight excluding hydrogens is 340 g/mol. The molecule has 23 heavy (non-hydrogen) atoms. The van der Waals surface area contributed by atoms with E-state index in [0.29, 0.717) is 24.5 Å². The fourth-order valence-electron chi connectivity index (χ4n) is 3.35. The van der Waals surface area contributed by atoms with Crippen molar-refractivity contribution in [1.82, 2.24) is 9.62 Å². The molecule has 0 aliphatic carbocycles. The van der Waals surface area contributed by atoms with Crippen molar-refractivity contribution in [2.24, 2.45) is 5.41 Å². The lowest BCUT2D eigenvalue weighted by atomic mass is 9.79. The highest BCUT2D eigenvalue weighted by Gasteiger charge is 2.49. The molecule has 0 bridgehead atoms. The Balaban J connectivity index is 1.93. The van der Waals surface area contributed by atoms with Gasteiger partial charge in [-0.15, -0.1) is 0 Å². The fraction of sp³-hybridized carbons (Fsp3) is 0.533. The molecule has 6 nitrogen and oxygen atoms in total. The summed E-state index contributed by atoms with van der Waals surface area (Å²) in [7, 11) is -2.34. The van der Waals surface area contributed by atoms with Crippen LogP contribution >= 0.6 is 11.6 Å². The molecule has 1 atom stereocenters. The number of hydrogen-bond acceptors (Lipinski definition) is 4. The quantitative estimate of drug-likeness (QED) is 0.891. The molecule has 1 spiro atoms. The van der Waals surface area contributed by atoms with E-state index in [9.17, 15) is 13.2 Å². The number of sulfonamides is 1. The summed E-state index contributed by atoms with van der Waals surface area (Å²) in [5, 5.41) is 3.18. The first-order chi connectivity index (χ1) is 10.9. The van der Waals surface area contributed by atoms with Crippen LogP contribution in [-0.2, 0) is 14.8 Å². The zero-order chi connectivity index (χ0) is 16.7. The van der Waals surface area contributed by atoms with Gasteiger partial charge in [-0.3, -0.25) is 4.79 Å². The van der Waals surface area contributed by atoms with Gasteiger partial charge in [0.15, 0.2) is 0 Å². The van der Waals surface area contributed by atoms with Gasteiger partial charge in [-0.2, -0.15) is 4.31 Å². The highest BCUT2D eigenvalue weighted by molar-refractivity contribution is 7.89. The number of methoxy groups -OCH3 is 1. The number of rotatable bonds is 3. The van der Waals surface area contributed by atoms with Gasteiger partial charge < -0.3 is 10.1 Å². The van der Waals surface area contributed by atoms with Crippen LogP contribution in [0.3, 0.4) is 0 Å². The molecule has 1 aromatic rings. The number of nitrogens with one attached hydrogen (secondary N) is 1. The van der Waals surface area contributed by atoms with E-state index in [2.05, 4.69) is 5.32 Å². The van der Waals surface area contributed by atoms with Crippen LogP contribution in [-0.4, -0.2) is 45.4 Å². The number of amides is 1. The summed E-state index contributed by atoms with van der Waals surface area (Å²) in [5.74, 6) is 0.211. The van der Waals surface area contributed by atoms with Gasteiger partial charge >= 0.3 is 0 Å². The summed E-state index contributed by atoms with van der Waals surface area (Å²) in [6, 6.07) is 4.51. The molecule has 126 valence electrons. The Morgan fingerprint density at radius 1 is 1.35 bits per heavy atom. The van der Waals surface area contributed by atoms with Crippen LogP contribution in [0, 0.1) is 5.41 Å². The molecular formula is C15H19ClN2O4S. The maximum absolute atomic E-state index is 13.0. The van der Waals surface area contributed by atoms with Gasteiger partial charge in [-0.1, -0.05) is 11.6 Å². The van der Waals surface area contributed by atoms with E-state index < -0.39 is 15.4 Å². The van der Waals surface area contributed by atoms with Gasteiger partial charge in [-0.05, 0) is 37.5 Å². The lowest BCUT2D eigenvalue weighted by Gasteiger charge is -2.32. The molecule has 2 fully saturated rings. The molecule has 1 amide bonds. The lowest BCUT2D eigenvalue weighted by molar-refractivity contribution is -0.132. The SMILES string of the molecule is COc1ccc(Cl)cc1S(=O)(=O)N1CC[C@]2(CCCNC2=O)C1. The third-order valence-corrected chi connectivity index (χ3v) is 6.76. The number of piperidine rings is 1. The minimum Gasteiger partial charge on any atom is -0.495 e. The normalized spacial score (nSPS) is 25.6. The summed E-state index contributed by atoms with van der Waals surface area (Å²) in [6.07, 6.45) is 2.14. The standard InChI is InChI=1S/C15H19ClN2O4S/c1-22-12-4-3-11(16)9-13(12)23(20,21)18-8-6-15(10-18)5-2-7-17-14(15)19/h3-4,9H,2,5-8,10H2,1H3,(H,17,19)/t15-/m1/s1. The second-order valence-corrected chi connectivity index (χ2v) is 8.37. The van der Waals surface area contributed by atoms with E-state index in [4.69, 9.17) is 16.3 Å². The molecule has 8 heteroatoms. The molecule has 1 N–H and O–H groups in total. The summed E-state index contributed by atoms with van der Waals surface area (Å²) >= 11 is 5.95. The second-order valence-electron chi connectivity index (χ2n) is 6.02. The summed E-state index contributed by atoms with van der Waals surface area (Å²) in [6.45, 7) is 1.19. The molecule has 1 aromatic carbocycles.